The molecule has 0 radical (unpaired) electrons. The standard InChI is InChI=1S/C26H31N5O3S/c1-17-15-26(3,4)31(16-17)25-23(24(27)32)20(13-14-28-25)35(33,34)22-12-8-11-21(30-22)29-18(2)19-9-6-5-7-10-19/h5-14,17-18H,15-16H2,1-4H3,(H2,27,32)(H,29,30). The van der Waals surface area contributed by atoms with Gasteiger partial charge in [0, 0.05) is 24.3 Å². The van der Waals surface area contributed by atoms with Gasteiger partial charge in [-0.1, -0.05) is 43.3 Å². The van der Waals surface area contributed by atoms with E-state index in [1.165, 1.54) is 18.3 Å². The number of nitrogens with zero attached hydrogens (tertiary/aromatic N) is 3. The van der Waals surface area contributed by atoms with Crippen LogP contribution < -0.4 is 16.0 Å². The van der Waals surface area contributed by atoms with Gasteiger partial charge in [-0.25, -0.2) is 18.4 Å². The van der Waals surface area contributed by atoms with Gasteiger partial charge in [-0.2, -0.15) is 0 Å². The fraction of sp³-hybridized carbons (Fsp3) is 0.346. The zero-order valence-corrected chi connectivity index (χ0v) is 21.2. The lowest BCUT2D eigenvalue weighted by Gasteiger charge is -2.33. The number of carbonyl (C=O) groups excluding carboxylic acids is 1. The summed E-state index contributed by atoms with van der Waals surface area (Å²) in [6.45, 7) is 8.84. The van der Waals surface area contributed by atoms with E-state index in [2.05, 4.69) is 36.1 Å². The summed E-state index contributed by atoms with van der Waals surface area (Å²) in [7, 11) is -4.16. The number of nitrogens with one attached hydrogen (secondary N) is 1. The Balaban J connectivity index is 1.74. The SMILES string of the molecule is CC1CN(c2nccc(S(=O)(=O)c3cccc(NC(C)c4ccccc4)n3)c2C(N)=O)C(C)(C)C1. The summed E-state index contributed by atoms with van der Waals surface area (Å²) < 4.78 is 27.4. The zero-order chi connectivity index (χ0) is 25.4. The van der Waals surface area contributed by atoms with Crippen LogP contribution in [0.4, 0.5) is 11.6 Å². The molecule has 2 unspecified atom stereocenters. The Hall–Kier alpha value is -3.46. The summed E-state index contributed by atoms with van der Waals surface area (Å²) in [5.41, 5.74) is 6.38. The van der Waals surface area contributed by atoms with Crippen molar-refractivity contribution in [2.45, 2.75) is 55.6 Å². The molecule has 1 saturated heterocycles. The fourth-order valence-corrected chi connectivity index (χ4v) is 6.26. The molecule has 2 atom stereocenters. The van der Waals surface area contributed by atoms with Gasteiger partial charge in [0.25, 0.3) is 5.91 Å². The van der Waals surface area contributed by atoms with Gasteiger partial charge in [-0.05, 0) is 56.9 Å². The van der Waals surface area contributed by atoms with Crippen LogP contribution in [0.2, 0.25) is 0 Å². The highest BCUT2D eigenvalue weighted by Gasteiger charge is 2.40. The number of nitrogens with two attached hydrogens (primary N) is 1. The van der Waals surface area contributed by atoms with Crippen LogP contribution in [0.3, 0.4) is 0 Å². The molecule has 9 heteroatoms. The predicted octanol–water partition coefficient (Wildman–Crippen LogP) is 4.21. The normalized spacial score (nSPS) is 18.3. The molecule has 1 aliphatic rings. The number of primary amides is 1. The molecular formula is C26H31N5O3S. The van der Waals surface area contributed by atoms with Crippen LogP contribution in [0.25, 0.3) is 0 Å². The summed E-state index contributed by atoms with van der Waals surface area (Å²) in [5.74, 6) is 0.226. The van der Waals surface area contributed by atoms with Crippen molar-refractivity contribution in [1.82, 2.24) is 9.97 Å². The molecule has 3 heterocycles. The Morgan fingerprint density at radius 2 is 1.86 bits per heavy atom. The van der Waals surface area contributed by atoms with E-state index in [-0.39, 0.29) is 27.1 Å². The van der Waals surface area contributed by atoms with Gasteiger partial charge < -0.3 is 16.0 Å². The van der Waals surface area contributed by atoms with Gasteiger partial charge in [0.15, 0.2) is 5.03 Å². The number of sulfone groups is 1. The average Bonchev–Trinajstić information content (AvgIpc) is 3.10. The third-order valence-electron chi connectivity index (χ3n) is 6.42. The third kappa shape index (κ3) is 4.86. The number of hydrogen-bond acceptors (Lipinski definition) is 7. The molecule has 4 rings (SSSR count). The lowest BCUT2D eigenvalue weighted by molar-refractivity contribution is 0.0997. The highest BCUT2D eigenvalue weighted by Crippen LogP contribution is 2.39. The molecule has 35 heavy (non-hydrogen) atoms. The van der Waals surface area contributed by atoms with Crippen molar-refractivity contribution >= 4 is 27.4 Å². The van der Waals surface area contributed by atoms with Crippen LogP contribution in [-0.2, 0) is 9.84 Å². The molecule has 1 fully saturated rings. The van der Waals surface area contributed by atoms with Gasteiger partial charge in [0.1, 0.15) is 17.2 Å². The monoisotopic (exact) mass is 493 g/mol. The fourth-order valence-electron chi connectivity index (χ4n) is 4.86. The largest absolute Gasteiger partial charge is 0.365 e. The molecule has 1 aromatic carbocycles. The molecule has 2 aromatic heterocycles. The maximum Gasteiger partial charge on any atom is 0.253 e. The van der Waals surface area contributed by atoms with Crippen molar-refractivity contribution < 1.29 is 13.2 Å². The van der Waals surface area contributed by atoms with Crippen molar-refractivity contribution in [2.24, 2.45) is 11.7 Å². The Labute approximate surface area is 206 Å². The van der Waals surface area contributed by atoms with Crippen molar-refractivity contribution in [3.05, 3.63) is 71.9 Å². The molecule has 3 aromatic rings. The minimum Gasteiger partial charge on any atom is -0.365 e. The first-order valence-corrected chi connectivity index (χ1v) is 13.1. The highest BCUT2D eigenvalue weighted by molar-refractivity contribution is 7.91. The molecule has 3 N–H and O–H groups in total. The molecule has 1 amide bonds. The van der Waals surface area contributed by atoms with Crippen molar-refractivity contribution in [3.63, 3.8) is 0 Å². The highest BCUT2D eigenvalue weighted by atomic mass is 32.2. The topological polar surface area (TPSA) is 118 Å². The van der Waals surface area contributed by atoms with E-state index in [4.69, 9.17) is 5.73 Å². The van der Waals surface area contributed by atoms with Crippen molar-refractivity contribution in [2.75, 3.05) is 16.8 Å². The van der Waals surface area contributed by atoms with E-state index < -0.39 is 15.7 Å². The van der Waals surface area contributed by atoms with Gasteiger partial charge in [-0.15, -0.1) is 0 Å². The number of anilines is 2. The van der Waals surface area contributed by atoms with Crippen LogP contribution in [-0.4, -0.2) is 36.4 Å². The van der Waals surface area contributed by atoms with Crippen LogP contribution in [0, 0.1) is 5.92 Å². The molecule has 0 aliphatic carbocycles. The smallest absolute Gasteiger partial charge is 0.253 e. The second kappa shape index (κ2) is 9.30. The van der Waals surface area contributed by atoms with Crippen LogP contribution in [0.15, 0.2) is 70.7 Å². The van der Waals surface area contributed by atoms with E-state index in [1.54, 1.807) is 12.1 Å². The summed E-state index contributed by atoms with van der Waals surface area (Å²) in [5, 5.41) is 3.07. The number of amides is 1. The van der Waals surface area contributed by atoms with E-state index in [1.807, 2.05) is 42.2 Å². The summed E-state index contributed by atoms with van der Waals surface area (Å²) in [4.78, 5) is 23.2. The van der Waals surface area contributed by atoms with Gasteiger partial charge >= 0.3 is 0 Å². The predicted molar refractivity (Wildman–Crippen MR) is 136 cm³/mol. The number of pyridine rings is 2. The lowest BCUT2D eigenvalue weighted by Crippen LogP contribution is -2.40. The Morgan fingerprint density at radius 3 is 2.49 bits per heavy atom. The molecule has 0 spiro atoms. The number of carbonyl (C=O) groups is 1. The van der Waals surface area contributed by atoms with Gasteiger partial charge in [0.05, 0.1) is 4.90 Å². The third-order valence-corrected chi connectivity index (χ3v) is 8.12. The molecule has 184 valence electrons. The van der Waals surface area contributed by atoms with Crippen LogP contribution >= 0.6 is 0 Å². The van der Waals surface area contributed by atoms with E-state index in [0.29, 0.717) is 24.1 Å². The lowest BCUT2D eigenvalue weighted by atomic mass is 9.97. The maximum absolute atomic E-state index is 13.7. The van der Waals surface area contributed by atoms with E-state index in [9.17, 15) is 13.2 Å². The van der Waals surface area contributed by atoms with Crippen molar-refractivity contribution in [1.29, 1.82) is 0 Å². The molecule has 0 bridgehead atoms. The van der Waals surface area contributed by atoms with Gasteiger partial charge in [-0.3, -0.25) is 4.79 Å². The number of rotatable bonds is 7. The number of aromatic nitrogens is 2. The first kappa shape index (κ1) is 24.7. The maximum atomic E-state index is 13.7. The second-order valence-corrected chi connectivity index (χ2v) is 11.6. The first-order valence-electron chi connectivity index (χ1n) is 11.6. The average molecular weight is 494 g/mol. The quantitative estimate of drug-likeness (QED) is 0.506. The first-order chi connectivity index (χ1) is 16.5. The minimum absolute atomic E-state index is 0.0882. The summed E-state index contributed by atoms with van der Waals surface area (Å²) in [6.07, 6.45) is 2.30. The second-order valence-electron chi connectivity index (χ2n) is 9.75. The van der Waals surface area contributed by atoms with Gasteiger partial charge in [0.2, 0.25) is 9.84 Å². The summed E-state index contributed by atoms with van der Waals surface area (Å²) >= 11 is 0. The summed E-state index contributed by atoms with van der Waals surface area (Å²) in [6, 6.07) is 15.8. The number of hydrogen-bond donors (Lipinski definition) is 2. The van der Waals surface area contributed by atoms with E-state index in [0.717, 1.165) is 12.0 Å². The van der Waals surface area contributed by atoms with Crippen LogP contribution in [0.5, 0.6) is 0 Å². The molecule has 8 nitrogen and oxygen atoms in total. The minimum atomic E-state index is -4.16. The van der Waals surface area contributed by atoms with Crippen molar-refractivity contribution in [3.8, 4) is 0 Å². The van der Waals surface area contributed by atoms with E-state index >= 15 is 0 Å². The molecule has 0 saturated carbocycles. The molecular weight excluding hydrogens is 462 g/mol. The Bertz CT molecular complexity index is 1340. The van der Waals surface area contributed by atoms with Crippen LogP contribution in [0.1, 0.15) is 56.1 Å². The Kier molecular flexibility index (Phi) is 6.55. The number of benzene rings is 1. The molecule has 1 aliphatic heterocycles. The zero-order valence-electron chi connectivity index (χ0n) is 20.4. The Morgan fingerprint density at radius 1 is 1.14 bits per heavy atom.